The van der Waals surface area contributed by atoms with Gasteiger partial charge in [-0.2, -0.15) is 0 Å². The van der Waals surface area contributed by atoms with E-state index in [9.17, 15) is 0 Å². The van der Waals surface area contributed by atoms with Gasteiger partial charge in [-0.15, -0.1) is 0 Å². The highest BCUT2D eigenvalue weighted by atomic mass is 16.3. The van der Waals surface area contributed by atoms with Gasteiger partial charge in [-0.05, 0) is 49.9 Å². The lowest BCUT2D eigenvalue weighted by molar-refractivity contribution is 0.185. The summed E-state index contributed by atoms with van der Waals surface area (Å²) >= 11 is 0. The summed E-state index contributed by atoms with van der Waals surface area (Å²) in [6.45, 7) is 3.76. The third-order valence-electron chi connectivity index (χ3n) is 2.16. The molecule has 0 aliphatic carbocycles. The summed E-state index contributed by atoms with van der Waals surface area (Å²) in [6.07, 6.45) is 1.38. The van der Waals surface area contributed by atoms with Gasteiger partial charge in [0.05, 0.1) is 6.10 Å². The summed E-state index contributed by atoms with van der Waals surface area (Å²) in [7, 11) is 0. The van der Waals surface area contributed by atoms with Crippen LogP contribution in [0.1, 0.15) is 24.5 Å². The minimum absolute atomic E-state index is 0.256. The van der Waals surface area contributed by atoms with E-state index in [-0.39, 0.29) is 6.10 Å². The molecule has 2 heteroatoms. The molecule has 0 radical (unpaired) electrons. The van der Waals surface area contributed by atoms with Crippen molar-refractivity contribution in [2.45, 2.75) is 32.8 Å². The zero-order valence-corrected chi connectivity index (χ0v) is 8.12. The number of hydrogen-bond acceptors (Lipinski definition) is 2. The molecular weight excluding hydrogens is 164 g/mol. The maximum atomic E-state index is 9.17. The zero-order valence-electron chi connectivity index (χ0n) is 8.12. The highest BCUT2D eigenvalue weighted by molar-refractivity contribution is 5.33. The summed E-state index contributed by atoms with van der Waals surface area (Å²) in [5, 5.41) is 18.3. The van der Waals surface area contributed by atoms with E-state index in [0.717, 1.165) is 18.4 Å². The normalized spacial score (nSPS) is 12.8. The van der Waals surface area contributed by atoms with Crippen molar-refractivity contribution in [3.05, 3.63) is 29.3 Å². The maximum Gasteiger partial charge on any atom is 0.115 e. The fraction of sp³-hybridized carbons (Fsp3) is 0.455. The number of aromatic hydroxyl groups is 1. The summed E-state index contributed by atoms with van der Waals surface area (Å²) in [4.78, 5) is 0. The molecule has 2 nitrogen and oxygen atoms in total. The molecule has 0 saturated heterocycles. The topological polar surface area (TPSA) is 40.5 Å². The van der Waals surface area contributed by atoms with E-state index in [2.05, 4.69) is 0 Å². The van der Waals surface area contributed by atoms with Gasteiger partial charge in [0.1, 0.15) is 5.75 Å². The van der Waals surface area contributed by atoms with Crippen LogP contribution in [0.3, 0.4) is 0 Å². The second kappa shape index (κ2) is 4.28. The SMILES string of the molecule is Cc1cc(O)ccc1CCC(C)O. The number of aliphatic hydroxyl groups excluding tert-OH is 1. The Kier molecular flexibility index (Phi) is 3.32. The fourth-order valence-corrected chi connectivity index (χ4v) is 1.32. The Balaban J connectivity index is 2.67. The van der Waals surface area contributed by atoms with E-state index >= 15 is 0 Å². The first-order valence-electron chi connectivity index (χ1n) is 4.56. The van der Waals surface area contributed by atoms with E-state index in [0.29, 0.717) is 5.75 Å². The van der Waals surface area contributed by atoms with Crippen molar-refractivity contribution in [3.63, 3.8) is 0 Å². The van der Waals surface area contributed by atoms with Gasteiger partial charge < -0.3 is 10.2 Å². The zero-order chi connectivity index (χ0) is 9.84. The minimum Gasteiger partial charge on any atom is -0.508 e. The van der Waals surface area contributed by atoms with Crippen molar-refractivity contribution in [2.24, 2.45) is 0 Å². The Bertz CT molecular complexity index is 279. The number of benzene rings is 1. The first kappa shape index (κ1) is 10.1. The Morgan fingerprint density at radius 3 is 2.62 bits per heavy atom. The Hall–Kier alpha value is -1.02. The van der Waals surface area contributed by atoms with Crippen molar-refractivity contribution in [1.82, 2.24) is 0 Å². The number of phenolic OH excluding ortho intramolecular Hbond substituents is 1. The lowest BCUT2D eigenvalue weighted by atomic mass is 10.0. The molecule has 1 aromatic rings. The van der Waals surface area contributed by atoms with Crippen LogP contribution in [-0.2, 0) is 6.42 Å². The minimum atomic E-state index is -0.256. The Morgan fingerprint density at radius 2 is 2.08 bits per heavy atom. The highest BCUT2D eigenvalue weighted by Crippen LogP contribution is 2.17. The molecule has 1 aromatic carbocycles. The number of rotatable bonds is 3. The van der Waals surface area contributed by atoms with E-state index < -0.39 is 0 Å². The van der Waals surface area contributed by atoms with E-state index in [1.165, 1.54) is 5.56 Å². The van der Waals surface area contributed by atoms with Crippen molar-refractivity contribution >= 4 is 0 Å². The van der Waals surface area contributed by atoms with Gasteiger partial charge in [-0.1, -0.05) is 6.07 Å². The standard InChI is InChI=1S/C11H16O2/c1-8-7-11(13)6-5-10(8)4-3-9(2)12/h5-7,9,12-13H,3-4H2,1-2H3. The first-order valence-corrected chi connectivity index (χ1v) is 4.56. The fourth-order valence-electron chi connectivity index (χ4n) is 1.32. The number of aryl methyl sites for hydroxylation is 2. The van der Waals surface area contributed by atoms with Gasteiger partial charge in [0.2, 0.25) is 0 Å². The van der Waals surface area contributed by atoms with Gasteiger partial charge in [-0.25, -0.2) is 0 Å². The molecule has 0 spiro atoms. The van der Waals surface area contributed by atoms with Crippen molar-refractivity contribution < 1.29 is 10.2 Å². The molecule has 2 N–H and O–H groups in total. The quantitative estimate of drug-likeness (QED) is 0.747. The molecule has 0 saturated carbocycles. The van der Waals surface area contributed by atoms with Crippen LogP contribution in [0, 0.1) is 6.92 Å². The van der Waals surface area contributed by atoms with E-state index in [1.54, 1.807) is 19.1 Å². The average molecular weight is 180 g/mol. The molecule has 0 aliphatic heterocycles. The lowest BCUT2D eigenvalue weighted by Gasteiger charge is -2.07. The third kappa shape index (κ3) is 3.07. The summed E-state index contributed by atoms with van der Waals surface area (Å²) in [6, 6.07) is 5.34. The smallest absolute Gasteiger partial charge is 0.115 e. The van der Waals surface area contributed by atoms with Crippen LogP contribution >= 0.6 is 0 Å². The highest BCUT2D eigenvalue weighted by Gasteiger charge is 2.01. The first-order chi connectivity index (χ1) is 6.09. The van der Waals surface area contributed by atoms with Gasteiger partial charge >= 0.3 is 0 Å². The number of phenols is 1. The Morgan fingerprint density at radius 1 is 1.38 bits per heavy atom. The largest absolute Gasteiger partial charge is 0.508 e. The van der Waals surface area contributed by atoms with Gasteiger partial charge in [0.15, 0.2) is 0 Å². The second-order valence-electron chi connectivity index (χ2n) is 3.50. The van der Waals surface area contributed by atoms with Gasteiger partial charge in [0.25, 0.3) is 0 Å². The van der Waals surface area contributed by atoms with Crippen LogP contribution in [0.25, 0.3) is 0 Å². The number of aliphatic hydroxyl groups is 1. The molecule has 0 heterocycles. The molecule has 0 amide bonds. The molecular formula is C11H16O2. The van der Waals surface area contributed by atoms with Crippen LogP contribution in [0.2, 0.25) is 0 Å². The molecule has 13 heavy (non-hydrogen) atoms. The van der Waals surface area contributed by atoms with Crippen LogP contribution in [-0.4, -0.2) is 16.3 Å². The Labute approximate surface area is 78.8 Å². The summed E-state index contributed by atoms with van der Waals surface area (Å²) in [5.41, 5.74) is 2.28. The van der Waals surface area contributed by atoms with Crippen LogP contribution < -0.4 is 0 Å². The second-order valence-corrected chi connectivity index (χ2v) is 3.50. The monoisotopic (exact) mass is 180 g/mol. The van der Waals surface area contributed by atoms with Crippen molar-refractivity contribution in [2.75, 3.05) is 0 Å². The van der Waals surface area contributed by atoms with Crippen LogP contribution in [0.15, 0.2) is 18.2 Å². The predicted molar refractivity (Wildman–Crippen MR) is 52.8 cm³/mol. The van der Waals surface area contributed by atoms with Crippen molar-refractivity contribution in [1.29, 1.82) is 0 Å². The molecule has 1 rings (SSSR count). The molecule has 1 atom stereocenters. The van der Waals surface area contributed by atoms with Gasteiger partial charge in [0, 0.05) is 0 Å². The summed E-state index contributed by atoms with van der Waals surface area (Å²) in [5.74, 6) is 0.304. The maximum absolute atomic E-state index is 9.17. The number of hydrogen-bond donors (Lipinski definition) is 2. The van der Waals surface area contributed by atoms with E-state index in [1.807, 2.05) is 13.0 Å². The average Bonchev–Trinajstić information content (AvgIpc) is 2.02. The molecule has 0 aromatic heterocycles. The molecule has 0 fully saturated rings. The van der Waals surface area contributed by atoms with Crippen LogP contribution in [0.5, 0.6) is 5.75 Å². The van der Waals surface area contributed by atoms with Crippen LogP contribution in [0.4, 0.5) is 0 Å². The van der Waals surface area contributed by atoms with Gasteiger partial charge in [-0.3, -0.25) is 0 Å². The third-order valence-corrected chi connectivity index (χ3v) is 2.16. The molecule has 72 valence electrons. The van der Waals surface area contributed by atoms with E-state index in [4.69, 9.17) is 10.2 Å². The molecule has 0 aliphatic rings. The molecule has 1 unspecified atom stereocenters. The van der Waals surface area contributed by atoms with Crippen molar-refractivity contribution in [3.8, 4) is 5.75 Å². The lowest BCUT2D eigenvalue weighted by Crippen LogP contribution is -2.02. The predicted octanol–water partition coefficient (Wildman–Crippen LogP) is 2.01. The summed E-state index contributed by atoms with van der Waals surface area (Å²) < 4.78 is 0. The molecule has 0 bridgehead atoms.